The molecule has 6 nitrogen and oxygen atoms in total. The Kier molecular flexibility index (Phi) is 3.40. The largest absolute Gasteiger partial charge is 0.497 e. The molecule has 1 aromatic carbocycles. The lowest BCUT2D eigenvalue weighted by molar-refractivity contribution is -0.115. The molecule has 1 aliphatic heterocycles. The molecule has 4 rings (SSSR count). The van der Waals surface area contributed by atoms with Gasteiger partial charge < -0.3 is 9.47 Å². The van der Waals surface area contributed by atoms with E-state index >= 15 is 0 Å². The first-order valence-electron chi connectivity index (χ1n) is 7.88. The fourth-order valence-corrected chi connectivity index (χ4v) is 3.49. The van der Waals surface area contributed by atoms with Crippen LogP contribution in [-0.2, 0) is 4.79 Å². The van der Waals surface area contributed by atoms with E-state index in [1.165, 1.54) is 0 Å². The van der Waals surface area contributed by atoms with E-state index < -0.39 is 11.8 Å². The van der Waals surface area contributed by atoms with Crippen LogP contribution < -0.4 is 9.47 Å². The average molecular weight is 331 g/mol. The molecule has 0 spiro atoms. The van der Waals surface area contributed by atoms with E-state index in [0.29, 0.717) is 41.4 Å². The third kappa shape index (κ3) is 2.23. The summed E-state index contributed by atoms with van der Waals surface area (Å²) in [5.74, 6) is -0.0835. The number of pyridine rings is 1. The van der Waals surface area contributed by atoms with Gasteiger partial charge in [0.1, 0.15) is 17.4 Å². The maximum absolute atomic E-state index is 12.3. The lowest BCUT2D eigenvalue weighted by atomic mass is 9.79. The summed E-state index contributed by atoms with van der Waals surface area (Å²) in [5.41, 5.74) is 1.77. The zero-order valence-electron chi connectivity index (χ0n) is 13.4. The van der Waals surface area contributed by atoms with Crippen molar-refractivity contribution in [1.29, 1.82) is 10.5 Å². The first kappa shape index (κ1) is 15.2. The average Bonchev–Trinajstić information content (AvgIpc) is 3.00. The molecule has 0 fully saturated rings. The highest BCUT2D eigenvalue weighted by Crippen LogP contribution is 2.47. The normalized spacial score (nSPS) is 18.4. The van der Waals surface area contributed by atoms with Crippen molar-refractivity contribution in [2.75, 3.05) is 7.11 Å². The molecule has 0 N–H and O–H groups in total. The number of nitriles is 2. The van der Waals surface area contributed by atoms with Crippen LogP contribution >= 0.6 is 0 Å². The summed E-state index contributed by atoms with van der Waals surface area (Å²) in [7, 11) is 1.58. The number of allylic oxidation sites excluding steroid dienone is 2. The molecule has 122 valence electrons. The fraction of sp³-hybridized carbons (Fsp3) is 0.263. The zero-order chi connectivity index (χ0) is 17.6. The number of hydrogen-bond acceptors (Lipinski definition) is 6. The van der Waals surface area contributed by atoms with Gasteiger partial charge in [0.15, 0.2) is 5.78 Å². The molecule has 0 amide bonds. The van der Waals surface area contributed by atoms with Crippen molar-refractivity contribution in [1.82, 2.24) is 4.98 Å². The minimum Gasteiger partial charge on any atom is -0.497 e. The maximum atomic E-state index is 12.3. The van der Waals surface area contributed by atoms with Crippen molar-refractivity contribution in [3.05, 3.63) is 41.2 Å². The molecule has 1 unspecified atom stereocenters. The van der Waals surface area contributed by atoms with Crippen LogP contribution in [0.2, 0.25) is 0 Å². The van der Waals surface area contributed by atoms with E-state index in [1.807, 2.05) is 30.3 Å². The van der Waals surface area contributed by atoms with Gasteiger partial charge >= 0.3 is 0 Å². The molecule has 0 saturated heterocycles. The van der Waals surface area contributed by atoms with Gasteiger partial charge in [0, 0.05) is 29.4 Å². The Bertz CT molecular complexity index is 1010. The number of fused-ring (bicyclic) bond motifs is 2. The maximum Gasteiger partial charge on any atom is 0.223 e. The number of carbonyl (C=O) groups excluding carboxylic acids is 1. The quantitative estimate of drug-likeness (QED) is 0.839. The Labute approximate surface area is 143 Å². The smallest absolute Gasteiger partial charge is 0.223 e. The molecule has 2 aromatic rings. The minimum absolute atomic E-state index is 0.0631. The van der Waals surface area contributed by atoms with E-state index in [4.69, 9.17) is 9.47 Å². The molecule has 25 heavy (non-hydrogen) atoms. The molecule has 6 heteroatoms. The van der Waals surface area contributed by atoms with Crippen molar-refractivity contribution >= 4 is 16.7 Å². The van der Waals surface area contributed by atoms with E-state index in [0.717, 1.165) is 10.9 Å². The van der Waals surface area contributed by atoms with Gasteiger partial charge in [0.25, 0.3) is 0 Å². The number of hydrogen-bond donors (Lipinski definition) is 0. The Morgan fingerprint density at radius 2 is 2.08 bits per heavy atom. The van der Waals surface area contributed by atoms with E-state index in [2.05, 4.69) is 4.98 Å². The molecule has 0 saturated carbocycles. The first-order valence-corrected chi connectivity index (χ1v) is 7.88. The summed E-state index contributed by atoms with van der Waals surface area (Å²) >= 11 is 0. The van der Waals surface area contributed by atoms with Crippen molar-refractivity contribution in [3.8, 4) is 23.8 Å². The van der Waals surface area contributed by atoms with Gasteiger partial charge in [-0.2, -0.15) is 10.5 Å². The number of ketones is 1. The van der Waals surface area contributed by atoms with Crippen LogP contribution in [0.1, 0.15) is 24.3 Å². The summed E-state index contributed by atoms with van der Waals surface area (Å²) in [6.45, 7) is 0. The molecule has 0 radical (unpaired) electrons. The van der Waals surface area contributed by atoms with E-state index in [9.17, 15) is 15.3 Å². The standard InChI is InChI=1S/C19H13N3O3/c1-24-12-2-3-14-10(6-12)7-13-17(11(8-20)9-21)18-15(23)4-5-16(18)25-19(13)22-14/h2-3,6-7,11,17H,4-5H2,1H3. The predicted molar refractivity (Wildman–Crippen MR) is 87.6 cm³/mol. The molecule has 1 atom stereocenters. The van der Waals surface area contributed by atoms with Crippen LogP contribution in [0.4, 0.5) is 0 Å². The van der Waals surface area contributed by atoms with Gasteiger partial charge in [0.2, 0.25) is 5.88 Å². The van der Waals surface area contributed by atoms with Crippen molar-refractivity contribution in [2.24, 2.45) is 5.92 Å². The van der Waals surface area contributed by atoms with Gasteiger partial charge in [-0.15, -0.1) is 0 Å². The number of ether oxygens (including phenoxy) is 2. The first-order chi connectivity index (χ1) is 12.2. The summed E-state index contributed by atoms with van der Waals surface area (Å²) in [6.07, 6.45) is 0.822. The third-order valence-corrected chi connectivity index (χ3v) is 4.67. The molecule has 0 bridgehead atoms. The lowest BCUT2D eigenvalue weighted by Crippen LogP contribution is -2.22. The lowest BCUT2D eigenvalue weighted by Gasteiger charge is -2.27. The topological polar surface area (TPSA) is 96.0 Å². The minimum atomic E-state index is -0.973. The Balaban J connectivity index is 1.96. The van der Waals surface area contributed by atoms with Crippen LogP contribution in [-0.4, -0.2) is 17.9 Å². The monoisotopic (exact) mass is 331 g/mol. The van der Waals surface area contributed by atoms with Crippen molar-refractivity contribution in [2.45, 2.75) is 18.8 Å². The van der Waals surface area contributed by atoms with Gasteiger partial charge in [-0.1, -0.05) is 0 Å². The Morgan fingerprint density at radius 1 is 1.28 bits per heavy atom. The SMILES string of the molecule is COc1ccc2nc3c(cc2c1)C(C(C#N)C#N)C1=C(CCC1=O)O3. The summed E-state index contributed by atoms with van der Waals surface area (Å²) in [5, 5.41) is 19.6. The second kappa shape index (κ2) is 5.61. The third-order valence-electron chi connectivity index (χ3n) is 4.67. The van der Waals surface area contributed by atoms with Crippen LogP contribution in [0.3, 0.4) is 0 Å². The molecular weight excluding hydrogens is 318 g/mol. The molecule has 2 heterocycles. The number of rotatable bonds is 2. The molecular formula is C19H13N3O3. The van der Waals surface area contributed by atoms with Crippen LogP contribution in [0.25, 0.3) is 10.9 Å². The van der Waals surface area contributed by atoms with Gasteiger partial charge in [-0.25, -0.2) is 4.98 Å². The van der Waals surface area contributed by atoms with Gasteiger partial charge in [-0.05, 0) is 24.3 Å². The second-order valence-corrected chi connectivity index (χ2v) is 6.02. The highest BCUT2D eigenvalue weighted by molar-refractivity contribution is 6.01. The van der Waals surface area contributed by atoms with Crippen LogP contribution in [0, 0.1) is 28.6 Å². The number of aromatic nitrogens is 1. The molecule has 1 aromatic heterocycles. The zero-order valence-corrected chi connectivity index (χ0v) is 13.4. The number of nitrogens with zero attached hydrogens (tertiary/aromatic N) is 3. The Morgan fingerprint density at radius 3 is 2.80 bits per heavy atom. The predicted octanol–water partition coefficient (Wildman–Crippen LogP) is 3.00. The highest BCUT2D eigenvalue weighted by Gasteiger charge is 2.42. The van der Waals surface area contributed by atoms with E-state index in [1.54, 1.807) is 13.2 Å². The number of methoxy groups -OCH3 is 1. The summed E-state index contributed by atoms with van der Waals surface area (Å²) < 4.78 is 11.1. The Hall–Kier alpha value is -3.38. The molecule has 2 aliphatic rings. The van der Waals surface area contributed by atoms with Crippen molar-refractivity contribution < 1.29 is 14.3 Å². The van der Waals surface area contributed by atoms with Gasteiger partial charge in [0.05, 0.1) is 30.7 Å². The van der Waals surface area contributed by atoms with Crippen LogP contribution in [0.5, 0.6) is 11.6 Å². The fourth-order valence-electron chi connectivity index (χ4n) is 3.49. The summed E-state index contributed by atoms with van der Waals surface area (Å²) in [4.78, 5) is 16.9. The number of benzene rings is 1. The number of carbonyl (C=O) groups is 1. The van der Waals surface area contributed by atoms with Gasteiger partial charge in [-0.3, -0.25) is 4.79 Å². The number of Topliss-reactive ketones (excluding diaryl/α,β-unsaturated/α-hetero) is 1. The highest BCUT2D eigenvalue weighted by atomic mass is 16.5. The van der Waals surface area contributed by atoms with E-state index in [-0.39, 0.29) is 5.78 Å². The van der Waals surface area contributed by atoms with Crippen molar-refractivity contribution in [3.63, 3.8) is 0 Å². The summed E-state index contributed by atoms with van der Waals surface area (Å²) in [6, 6.07) is 11.3. The second-order valence-electron chi connectivity index (χ2n) is 6.02. The van der Waals surface area contributed by atoms with Crippen LogP contribution in [0.15, 0.2) is 35.6 Å². The molecule has 1 aliphatic carbocycles.